The number of hydrogen-bond acceptors (Lipinski definition) is 7. The van der Waals surface area contributed by atoms with E-state index in [1.54, 1.807) is 14.2 Å². The lowest BCUT2D eigenvalue weighted by Gasteiger charge is -2.45. The van der Waals surface area contributed by atoms with E-state index in [-0.39, 0.29) is 11.5 Å². The summed E-state index contributed by atoms with van der Waals surface area (Å²) >= 11 is 0. The van der Waals surface area contributed by atoms with Gasteiger partial charge in [-0.3, -0.25) is 0 Å². The predicted octanol–water partition coefficient (Wildman–Crippen LogP) is -2.85. The Morgan fingerprint density at radius 2 is 0.947 bits per heavy atom. The van der Waals surface area contributed by atoms with Gasteiger partial charge in [0.1, 0.15) is 11.5 Å². The van der Waals surface area contributed by atoms with Gasteiger partial charge in [0.05, 0.1) is 0 Å². The van der Waals surface area contributed by atoms with E-state index in [9.17, 15) is 0 Å². The first-order valence-corrected chi connectivity index (χ1v) is 8.28. The molecular formula is C10H27NO6Si2. The average Bonchev–Trinajstić information content (AvgIpc) is 2.48. The van der Waals surface area contributed by atoms with Crippen LogP contribution in [0, 0.1) is 0 Å². The largest absolute Gasteiger partial charge is 0.379 e. The normalized spacial score (nSPS) is 16.7. The molecule has 0 spiro atoms. The Morgan fingerprint density at radius 3 is 1.11 bits per heavy atom. The Labute approximate surface area is 121 Å². The minimum absolute atomic E-state index is 0.266. The maximum Gasteiger partial charge on any atom is 0.254 e. The Balaban J connectivity index is 5.37. The van der Waals surface area contributed by atoms with Crippen LogP contribution in [0.2, 0.25) is 0 Å². The lowest BCUT2D eigenvalue weighted by molar-refractivity contribution is -0.350. The van der Waals surface area contributed by atoms with Gasteiger partial charge in [-0.2, -0.15) is 0 Å². The number of hydrogen-bond donors (Lipinski definition) is 1. The van der Waals surface area contributed by atoms with Gasteiger partial charge in [-0.05, 0) is 0 Å². The molecular weight excluding hydrogens is 286 g/mol. The van der Waals surface area contributed by atoms with E-state index in [2.05, 4.69) is 5.32 Å². The van der Waals surface area contributed by atoms with Crippen molar-refractivity contribution in [2.75, 3.05) is 42.7 Å². The van der Waals surface area contributed by atoms with Crippen molar-refractivity contribution in [2.45, 2.75) is 23.3 Å². The lowest BCUT2D eigenvalue weighted by atomic mass is 10.4. The molecule has 0 aliphatic heterocycles. The molecule has 0 heterocycles. The molecule has 0 saturated heterocycles. The summed E-state index contributed by atoms with van der Waals surface area (Å²) in [5.41, 5.74) is -0.532. The van der Waals surface area contributed by atoms with Crippen molar-refractivity contribution in [2.24, 2.45) is 0 Å². The molecule has 0 rings (SSSR count). The minimum atomic E-state index is -1.16. The van der Waals surface area contributed by atoms with Crippen molar-refractivity contribution in [1.29, 1.82) is 0 Å². The van der Waals surface area contributed by atoms with E-state index in [0.717, 1.165) is 0 Å². The fraction of sp³-hybridized carbons (Fsp3) is 1.00. The highest BCUT2D eigenvalue weighted by atomic mass is 28.1. The van der Waals surface area contributed by atoms with Crippen LogP contribution in [-0.2, 0) is 28.4 Å². The third kappa shape index (κ3) is 4.06. The molecule has 0 aromatic carbocycles. The molecule has 0 aliphatic rings. The van der Waals surface area contributed by atoms with Crippen molar-refractivity contribution in [3.05, 3.63) is 0 Å². The summed E-state index contributed by atoms with van der Waals surface area (Å²) in [5.74, 6) is -2.32. The van der Waals surface area contributed by atoms with Gasteiger partial charge in [0.15, 0.2) is 0 Å². The van der Waals surface area contributed by atoms with Crippen molar-refractivity contribution in [3.63, 3.8) is 0 Å². The van der Waals surface area contributed by atoms with Crippen LogP contribution < -0.4 is 5.32 Å². The quantitative estimate of drug-likeness (QED) is 0.344. The number of rotatable bonds is 10. The monoisotopic (exact) mass is 313 g/mol. The molecule has 0 amide bonds. The van der Waals surface area contributed by atoms with Crippen LogP contribution in [0.1, 0.15) is 0 Å². The maximum absolute atomic E-state index is 5.47. The number of nitrogens with one attached hydrogen (secondary N) is 1. The van der Waals surface area contributed by atoms with Gasteiger partial charge >= 0.3 is 0 Å². The number of methoxy groups -OCH3 is 6. The molecule has 9 heteroatoms. The molecule has 0 aromatic heterocycles. The molecule has 2 unspecified atom stereocenters. The van der Waals surface area contributed by atoms with Crippen LogP contribution in [0.5, 0.6) is 0 Å². The van der Waals surface area contributed by atoms with Crippen molar-refractivity contribution < 1.29 is 28.4 Å². The van der Waals surface area contributed by atoms with Gasteiger partial charge in [0.2, 0.25) is 0 Å². The molecule has 0 aliphatic carbocycles. The van der Waals surface area contributed by atoms with E-state index in [1.165, 1.54) is 28.4 Å². The van der Waals surface area contributed by atoms with Crippen LogP contribution >= 0.6 is 0 Å². The van der Waals surface area contributed by atoms with Crippen molar-refractivity contribution >= 4 is 20.5 Å². The third-order valence-electron chi connectivity index (χ3n) is 3.34. The smallest absolute Gasteiger partial charge is 0.254 e. The summed E-state index contributed by atoms with van der Waals surface area (Å²) in [7, 11) is 10.7. The maximum atomic E-state index is 5.47. The topological polar surface area (TPSA) is 67.4 Å². The van der Waals surface area contributed by atoms with Gasteiger partial charge in [-0.1, -0.05) is 0 Å². The second-order valence-electron chi connectivity index (χ2n) is 4.03. The molecule has 0 radical (unpaired) electrons. The highest BCUT2D eigenvalue weighted by molar-refractivity contribution is 6.12. The second kappa shape index (κ2) is 8.44. The lowest BCUT2D eigenvalue weighted by Crippen LogP contribution is -2.71. The SMILES string of the molecule is COC([SiH3])C(NC(OC)(OC)C([SiH3])OC)(OC)OC. The van der Waals surface area contributed by atoms with Gasteiger partial charge < -0.3 is 28.4 Å². The van der Waals surface area contributed by atoms with Crippen LogP contribution in [0.3, 0.4) is 0 Å². The van der Waals surface area contributed by atoms with Gasteiger partial charge in [-0.25, -0.2) is 5.32 Å². The van der Waals surface area contributed by atoms with Crippen LogP contribution in [0.4, 0.5) is 0 Å². The Kier molecular flexibility index (Phi) is 8.51. The fourth-order valence-corrected chi connectivity index (χ4v) is 3.02. The van der Waals surface area contributed by atoms with Crippen LogP contribution in [0.15, 0.2) is 0 Å². The summed E-state index contributed by atoms with van der Waals surface area (Å²) < 4.78 is 32.6. The van der Waals surface area contributed by atoms with E-state index >= 15 is 0 Å². The van der Waals surface area contributed by atoms with Crippen molar-refractivity contribution in [3.8, 4) is 0 Å². The standard InChI is InChI=1S/C10H27NO6Si2/c1-12-7(18)9(14-3,15-4)11-10(16-5,17-6)8(19)13-2/h7-8,11H,1-6,18-19H3. The Bertz CT molecular complexity index is 226. The molecule has 0 saturated carbocycles. The van der Waals surface area contributed by atoms with Crippen molar-refractivity contribution in [1.82, 2.24) is 5.32 Å². The Morgan fingerprint density at radius 1 is 0.684 bits per heavy atom. The Hall–Kier alpha value is 0.154. The zero-order valence-electron chi connectivity index (χ0n) is 13.1. The molecule has 0 aromatic rings. The number of ether oxygens (including phenoxy) is 6. The van der Waals surface area contributed by atoms with E-state index in [0.29, 0.717) is 20.5 Å². The molecule has 1 N–H and O–H groups in total. The van der Waals surface area contributed by atoms with Gasteiger partial charge in [0, 0.05) is 63.1 Å². The van der Waals surface area contributed by atoms with E-state index in [4.69, 9.17) is 28.4 Å². The zero-order valence-corrected chi connectivity index (χ0v) is 17.1. The van der Waals surface area contributed by atoms with Gasteiger partial charge in [0.25, 0.3) is 11.8 Å². The first kappa shape index (κ1) is 19.2. The minimum Gasteiger partial charge on any atom is -0.379 e. The first-order valence-electron chi connectivity index (χ1n) is 5.97. The molecule has 116 valence electrons. The summed E-state index contributed by atoms with van der Waals surface area (Å²) in [6.07, 6.45) is 0. The summed E-state index contributed by atoms with van der Waals surface area (Å²) in [5, 5.41) is 3.11. The average molecular weight is 313 g/mol. The highest BCUT2D eigenvalue weighted by Crippen LogP contribution is 2.23. The highest BCUT2D eigenvalue weighted by Gasteiger charge is 2.49. The predicted molar refractivity (Wildman–Crippen MR) is 78.1 cm³/mol. The third-order valence-corrected chi connectivity index (χ3v) is 5.80. The molecule has 0 fully saturated rings. The fourth-order valence-electron chi connectivity index (χ4n) is 1.79. The van der Waals surface area contributed by atoms with Gasteiger partial charge in [-0.15, -0.1) is 0 Å². The molecule has 19 heavy (non-hydrogen) atoms. The second-order valence-corrected chi connectivity index (χ2v) is 6.13. The van der Waals surface area contributed by atoms with Crippen LogP contribution in [-0.4, -0.2) is 86.4 Å². The summed E-state index contributed by atoms with van der Waals surface area (Å²) in [6, 6.07) is 0. The first-order chi connectivity index (χ1) is 8.91. The summed E-state index contributed by atoms with van der Waals surface area (Å²) in [6.45, 7) is 0. The molecule has 7 nitrogen and oxygen atoms in total. The van der Waals surface area contributed by atoms with Crippen LogP contribution in [0.25, 0.3) is 0 Å². The molecule has 0 bridgehead atoms. The van der Waals surface area contributed by atoms with E-state index < -0.39 is 11.8 Å². The zero-order chi connectivity index (χ0) is 15.1. The van der Waals surface area contributed by atoms with E-state index in [1.807, 2.05) is 0 Å². The molecule has 2 atom stereocenters. The summed E-state index contributed by atoms with van der Waals surface area (Å²) in [4.78, 5) is 0.